The Labute approximate surface area is 143 Å². The summed E-state index contributed by atoms with van der Waals surface area (Å²) in [6, 6.07) is 13.2. The molecule has 1 atom stereocenters. The van der Waals surface area contributed by atoms with E-state index in [4.69, 9.17) is 4.74 Å². The summed E-state index contributed by atoms with van der Waals surface area (Å²) in [5.74, 6) is 0.629. The molecule has 24 heavy (non-hydrogen) atoms. The van der Waals surface area contributed by atoms with Crippen LogP contribution in [0.4, 0.5) is 0 Å². The van der Waals surface area contributed by atoms with Crippen LogP contribution in [0.15, 0.2) is 48.8 Å². The minimum absolute atomic E-state index is 0.629. The van der Waals surface area contributed by atoms with Crippen molar-refractivity contribution < 1.29 is 4.74 Å². The molecule has 0 radical (unpaired) electrons. The maximum absolute atomic E-state index is 5.32. The monoisotopic (exact) mass is 323 g/mol. The average Bonchev–Trinajstić information content (AvgIpc) is 3.20. The first kappa shape index (κ1) is 15.5. The number of rotatable bonds is 5. The normalized spacial score (nSPS) is 18.6. The lowest BCUT2D eigenvalue weighted by Gasteiger charge is -2.24. The minimum Gasteiger partial charge on any atom is -0.385 e. The van der Waals surface area contributed by atoms with Crippen molar-refractivity contribution in [2.45, 2.75) is 26.1 Å². The van der Waals surface area contributed by atoms with E-state index in [2.05, 4.69) is 57.0 Å². The fourth-order valence-electron chi connectivity index (χ4n) is 3.88. The highest BCUT2D eigenvalue weighted by Gasteiger charge is 2.22. The molecule has 4 nitrogen and oxygen atoms in total. The van der Waals surface area contributed by atoms with Crippen LogP contribution in [-0.2, 0) is 24.4 Å². The molecule has 2 aromatic heterocycles. The summed E-state index contributed by atoms with van der Waals surface area (Å²) in [6.45, 7) is 5.05. The van der Waals surface area contributed by atoms with E-state index in [0.717, 1.165) is 39.2 Å². The molecule has 0 amide bonds. The third-order valence-corrected chi connectivity index (χ3v) is 5.09. The zero-order valence-corrected chi connectivity index (χ0v) is 14.2. The predicted molar refractivity (Wildman–Crippen MR) is 96.8 cm³/mol. The van der Waals surface area contributed by atoms with Crippen molar-refractivity contribution >= 4 is 10.9 Å². The number of hydrogen-bond donors (Lipinski definition) is 1. The molecule has 1 N–H and O–H groups in total. The number of aromatic amines is 1. The second kappa shape index (κ2) is 6.83. The molecule has 0 aliphatic carbocycles. The number of nitrogens with zero attached hydrogens (tertiary/aromatic N) is 2. The van der Waals surface area contributed by atoms with Crippen molar-refractivity contribution in [3.63, 3.8) is 0 Å². The number of aromatic nitrogens is 2. The summed E-state index contributed by atoms with van der Waals surface area (Å²) in [5, 5.41) is 1.34. The van der Waals surface area contributed by atoms with Gasteiger partial charge in [-0.15, -0.1) is 0 Å². The lowest BCUT2D eigenvalue weighted by molar-refractivity contribution is 0.151. The third-order valence-electron chi connectivity index (χ3n) is 5.09. The van der Waals surface area contributed by atoms with Crippen molar-refractivity contribution in [3.05, 3.63) is 60.0 Å². The molecule has 0 spiro atoms. The van der Waals surface area contributed by atoms with Gasteiger partial charge in [0, 0.05) is 68.9 Å². The van der Waals surface area contributed by atoms with Crippen LogP contribution in [0.25, 0.3) is 10.9 Å². The Morgan fingerprint density at radius 1 is 1.17 bits per heavy atom. The molecule has 4 rings (SSSR count). The van der Waals surface area contributed by atoms with Gasteiger partial charge in [0.1, 0.15) is 0 Å². The maximum atomic E-state index is 5.32. The first-order chi connectivity index (χ1) is 11.8. The first-order valence-corrected chi connectivity index (χ1v) is 8.74. The molecular weight excluding hydrogens is 298 g/mol. The van der Waals surface area contributed by atoms with E-state index in [1.54, 1.807) is 7.11 Å². The molecule has 0 saturated heterocycles. The summed E-state index contributed by atoms with van der Waals surface area (Å²) >= 11 is 0. The molecule has 1 aliphatic rings. The maximum Gasteiger partial charge on any atom is 0.0466 e. The fraction of sp³-hybridized carbons (Fsp3) is 0.400. The highest BCUT2D eigenvalue weighted by atomic mass is 16.5. The van der Waals surface area contributed by atoms with Crippen LogP contribution in [0.2, 0.25) is 0 Å². The van der Waals surface area contributed by atoms with Gasteiger partial charge in [-0.2, -0.15) is 0 Å². The molecule has 3 aromatic rings. The van der Waals surface area contributed by atoms with Crippen molar-refractivity contribution in [1.82, 2.24) is 14.5 Å². The van der Waals surface area contributed by atoms with Crippen LogP contribution in [0.1, 0.15) is 17.7 Å². The van der Waals surface area contributed by atoms with Gasteiger partial charge >= 0.3 is 0 Å². The summed E-state index contributed by atoms with van der Waals surface area (Å²) in [6.07, 6.45) is 5.35. The minimum atomic E-state index is 0.629. The molecule has 0 fully saturated rings. The molecule has 0 saturated carbocycles. The molecule has 126 valence electrons. The molecule has 1 aromatic carbocycles. The molecule has 1 unspecified atom stereocenters. The summed E-state index contributed by atoms with van der Waals surface area (Å²) in [7, 11) is 1.79. The van der Waals surface area contributed by atoms with Crippen LogP contribution in [0, 0.1) is 5.92 Å². The van der Waals surface area contributed by atoms with Gasteiger partial charge < -0.3 is 14.3 Å². The van der Waals surface area contributed by atoms with Crippen LogP contribution in [0.5, 0.6) is 0 Å². The second-order valence-corrected chi connectivity index (χ2v) is 6.83. The van der Waals surface area contributed by atoms with Crippen LogP contribution in [0.3, 0.4) is 0 Å². The van der Waals surface area contributed by atoms with Crippen molar-refractivity contribution in [2.24, 2.45) is 5.92 Å². The molecular formula is C20H25N3O. The van der Waals surface area contributed by atoms with Gasteiger partial charge in [0.2, 0.25) is 0 Å². The average molecular weight is 323 g/mol. The third kappa shape index (κ3) is 3.12. The van der Waals surface area contributed by atoms with E-state index in [0.29, 0.717) is 5.92 Å². The molecule has 0 bridgehead atoms. The van der Waals surface area contributed by atoms with E-state index in [1.807, 2.05) is 6.20 Å². The SMILES string of the molecule is COCCC1CN(Cc2cccc3[nH]ccc23)Cc2cccn2C1. The van der Waals surface area contributed by atoms with Crippen LogP contribution >= 0.6 is 0 Å². The summed E-state index contributed by atoms with van der Waals surface area (Å²) in [5.41, 5.74) is 4.04. The van der Waals surface area contributed by atoms with Gasteiger partial charge in [0.05, 0.1) is 0 Å². The van der Waals surface area contributed by atoms with Gasteiger partial charge in [-0.05, 0) is 42.2 Å². The number of fused-ring (bicyclic) bond motifs is 2. The summed E-state index contributed by atoms with van der Waals surface area (Å²) < 4.78 is 7.74. The molecule has 3 heterocycles. The van der Waals surface area contributed by atoms with Crippen molar-refractivity contribution in [2.75, 3.05) is 20.3 Å². The Morgan fingerprint density at radius 3 is 3.04 bits per heavy atom. The topological polar surface area (TPSA) is 33.2 Å². The van der Waals surface area contributed by atoms with E-state index in [9.17, 15) is 0 Å². The number of hydrogen-bond acceptors (Lipinski definition) is 2. The van der Waals surface area contributed by atoms with Crippen molar-refractivity contribution in [1.29, 1.82) is 0 Å². The van der Waals surface area contributed by atoms with Crippen LogP contribution in [-0.4, -0.2) is 34.7 Å². The van der Waals surface area contributed by atoms with Gasteiger partial charge in [-0.1, -0.05) is 12.1 Å². The van der Waals surface area contributed by atoms with E-state index >= 15 is 0 Å². The Bertz CT molecular complexity index is 804. The Morgan fingerprint density at radius 2 is 2.12 bits per heavy atom. The Kier molecular flexibility index (Phi) is 4.41. The van der Waals surface area contributed by atoms with E-state index < -0.39 is 0 Å². The number of H-pyrrole nitrogens is 1. The van der Waals surface area contributed by atoms with Gasteiger partial charge in [-0.3, -0.25) is 4.90 Å². The first-order valence-electron chi connectivity index (χ1n) is 8.74. The standard InChI is InChI=1S/C20H25N3O/c1-24-11-8-16-12-22(15-18-5-3-10-23(18)13-16)14-17-4-2-6-20-19(17)7-9-21-20/h2-7,9-10,16,21H,8,11-15H2,1H3. The van der Waals surface area contributed by atoms with Gasteiger partial charge in [-0.25, -0.2) is 0 Å². The number of nitrogens with one attached hydrogen (secondary N) is 1. The quantitative estimate of drug-likeness (QED) is 0.778. The number of benzene rings is 1. The zero-order chi connectivity index (χ0) is 16.4. The fourth-order valence-corrected chi connectivity index (χ4v) is 3.88. The van der Waals surface area contributed by atoms with Gasteiger partial charge in [0.25, 0.3) is 0 Å². The highest BCUT2D eigenvalue weighted by Crippen LogP contribution is 2.24. The number of methoxy groups -OCH3 is 1. The lowest BCUT2D eigenvalue weighted by Crippen LogP contribution is -2.28. The predicted octanol–water partition coefficient (Wildman–Crippen LogP) is 3.64. The zero-order valence-electron chi connectivity index (χ0n) is 14.2. The Hall–Kier alpha value is -2.04. The summed E-state index contributed by atoms with van der Waals surface area (Å²) in [4.78, 5) is 5.90. The second-order valence-electron chi connectivity index (χ2n) is 6.83. The lowest BCUT2D eigenvalue weighted by atomic mass is 10.0. The largest absolute Gasteiger partial charge is 0.385 e. The number of ether oxygens (including phenoxy) is 1. The highest BCUT2D eigenvalue weighted by molar-refractivity contribution is 5.82. The van der Waals surface area contributed by atoms with Crippen molar-refractivity contribution in [3.8, 4) is 0 Å². The smallest absolute Gasteiger partial charge is 0.0466 e. The van der Waals surface area contributed by atoms with E-state index in [1.165, 1.54) is 22.2 Å². The van der Waals surface area contributed by atoms with Crippen LogP contribution < -0.4 is 0 Å². The van der Waals surface area contributed by atoms with E-state index in [-0.39, 0.29) is 0 Å². The Balaban J connectivity index is 1.58. The molecule has 1 aliphatic heterocycles. The molecule has 4 heteroatoms. The van der Waals surface area contributed by atoms with Gasteiger partial charge in [0.15, 0.2) is 0 Å².